The van der Waals surface area contributed by atoms with Gasteiger partial charge in [0, 0.05) is 43.9 Å². The Labute approximate surface area is 138 Å². The monoisotopic (exact) mass is 345 g/mol. The van der Waals surface area contributed by atoms with E-state index in [1.807, 2.05) is 0 Å². The molecule has 3 rings (SSSR count). The van der Waals surface area contributed by atoms with Crippen LogP contribution in [0.15, 0.2) is 12.3 Å². The van der Waals surface area contributed by atoms with Crippen molar-refractivity contribution >= 4 is 11.8 Å². The second-order valence-electron chi connectivity index (χ2n) is 6.92. The van der Waals surface area contributed by atoms with Crippen molar-refractivity contribution in [2.45, 2.75) is 32.0 Å². The smallest absolute Gasteiger partial charge is 0.324 e. The number of anilines is 1. The number of nitrogens with one attached hydrogen (secondary N) is 1. The molecule has 3 heterocycles. The van der Waals surface area contributed by atoms with Crippen LogP contribution in [0.2, 0.25) is 0 Å². The number of hydrogen-bond donors (Lipinski definition) is 1. The number of carbonyl (C=O) groups excluding carboxylic acids is 1. The van der Waals surface area contributed by atoms with Gasteiger partial charge in [-0.2, -0.15) is 18.3 Å². The third-order valence-corrected chi connectivity index (χ3v) is 4.85. The number of amides is 2. The number of aromatic nitrogens is 2. The summed E-state index contributed by atoms with van der Waals surface area (Å²) in [7, 11) is 2.09. The fourth-order valence-electron chi connectivity index (χ4n) is 3.58. The standard InChI is InChI=1S/C15H22F3N5O/c1-21-7-3-14(10-21)4-8-22(11-14)13(24)19-12-2-6-23(20-12)9-5-15(16,17)18/h2,6H,3-5,7-11H2,1H3,(H,19,20,24). The van der Waals surface area contributed by atoms with Gasteiger partial charge in [0.15, 0.2) is 5.82 Å². The summed E-state index contributed by atoms with van der Waals surface area (Å²) in [5, 5.41) is 6.65. The summed E-state index contributed by atoms with van der Waals surface area (Å²) in [6.07, 6.45) is -1.62. The van der Waals surface area contributed by atoms with Gasteiger partial charge in [-0.05, 0) is 26.4 Å². The average molecular weight is 345 g/mol. The van der Waals surface area contributed by atoms with Crippen LogP contribution in [0, 0.1) is 5.41 Å². The van der Waals surface area contributed by atoms with E-state index in [1.165, 1.54) is 16.9 Å². The number of halogens is 3. The molecule has 0 radical (unpaired) electrons. The van der Waals surface area contributed by atoms with Gasteiger partial charge in [-0.15, -0.1) is 0 Å². The lowest BCUT2D eigenvalue weighted by molar-refractivity contribution is -0.137. The van der Waals surface area contributed by atoms with Crippen molar-refractivity contribution in [3.05, 3.63) is 12.3 Å². The maximum Gasteiger partial charge on any atom is 0.390 e. The van der Waals surface area contributed by atoms with Gasteiger partial charge >= 0.3 is 12.2 Å². The number of nitrogens with zero attached hydrogens (tertiary/aromatic N) is 4. The van der Waals surface area contributed by atoms with Crippen LogP contribution in [-0.2, 0) is 6.54 Å². The van der Waals surface area contributed by atoms with Crippen LogP contribution in [0.1, 0.15) is 19.3 Å². The van der Waals surface area contributed by atoms with Crippen LogP contribution >= 0.6 is 0 Å². The first-order chi connectivity index (χ1) is 11.2. The summed E-state index contributed by atoms with van der Waals surface area (Å²) < 4.78 is 37.8. The molecule has 9 heteroatoms. The molecule has 24 heavy (non-hydrogen) atoms. The van der Waals surface area contributed by atoms with Crippen molar-refractivity contribution in [2.75, 3.05) is 38.5 Å². The van der Waals surface area contributed by atoms with Crippen molar-refractivity contribution in [3.63, 3.8) is 0 Å². The maximum atomic E-state index is 12.3. The molecule has 1 aromatic rings. The first kappa shape index (κ1) is 17.1. The first-order valence-corrected chi connectivity index (χ1v) is 8.09. The molecule has 0 saturated carbocycles. The zero-order valence-corrected chi connectivity index (χ0v) is 13.6. The fourth-order valence-corrected chi connectivity index (χ4v) is 3.58. The van der Waals surface area contributed by atoms with E-state index >= 15 is 0 Å². The second kappa shape index (κ2) is 6.27. The van der Waals surface area contributed by atoms with Gasteiger partial charge in [0.2, 0.25) is 0 Å². The molecular weight excluding hydrogens is 323 g/mol. The lowest BCUT2D eigenvalue weighted by Gasteiger charge is -2.23. The highest BCUT2D eigenvalue weighted by Crippen LogP contribution is 2.38. The predicted molar refractivity (Wildman–Crippen MR) is 82.7 cm³/mol. The lowest BCUT2D eigenvalue weighted by atomic mass is 9.86. The molecule has 0 bridgehead atoms. The van der Waals surface area contributed by atoms with Gasteiger partial charge in [-0.1, -0.05) is 0 Å². The Morgan fingerprint density at radius 3 is 2.75 bits per heavy atom. The maximum absolute atomic E-state index is 12.3. The highest BCUT2D eigenvalue weighted by atomic mass is 19.4. The predicted octanol–water partition coefficient (Wildman–Crippen LogP) is 2.40. The van der Waals surface area contributed by atoms with Crippen molar-refractivity contribution < 1.29 is 18.0 Å². The van der Waals surface area contributed by atoms with Crippen molar-refractivity contribution in [1.29, 1.82) is 0 Å². The molecular formula is C15H22F3N5O. The number of hydrogen-bond acceptors (Lipinski definition) is 3. The van der Waals surface area contributed by atoms with Gasteiger partial charge in [0.05, 0.1) is 6.42 Å². The average Bonchev–Trinajstić information content (AvgIpc) is 3.18. The van der Waals surface area contributed by atoms with Gasteiger partial charge in [-0.25, -0.2) is 4.79 Å². The molecule has 2 aliphatic rings. The van der Waals surface area contributed by atoms with E-state index in [-0.39, 0.29) is 23.8 Å². The highest BCUT2D eigenvalue weighted by Gasteiger charge is 2.43. The van der Waals surface area contributed by atoms with Crippen LogP contribution in [0.3, 0.4) is 0 Å². The molecule has 2 fully saturated rings. The SMILES string of the molecule is CN1CCC2(CCN(C(=O)Nc3ccn(CCC(F)(F)F)n3)C2)C1. The van der Waals surface area contributed by atoms with Crippen molar-refractivity contribution in [2.24, 2.45) is 5.41 Å². The summed E-state index contributed by atoms with van der Waals surface area (Å²) in [5.41, 5.74) is 0.193. The third-order valence-electron chi connectivity index (χ3n) is 4.85. The normalized spacial score (nSPS) is 24.9. The molecule has 134 valence electrons. The van der Waals surface area contributed by atoms with Gasteiger partial charge in [-0.3, -0.25) is 10.00 Å². The Morgan fingerprint density at radius 1 is 1.33 bits per heavy atom. The minimum atomic E-state index is -4.21. The van der Waals surface area contributed by atoms with Crippen LogP contribution in [0.4, 0.5) is 23.8 Å². The lowest BCUT2D eigenvalue weighted by Crippen LogP contribution is -2.36. The summed E-state index contributed by atoms with van der Waals surface area (Å²) in [4.78, 5) is 16.4. The minimum Gasteiger partial charge on any atom is -0.324 e. The number of urea groups is 1. The molecule has 1 unspecified atom stereocenters. The van der Waals surface area contributed by atoms with Gasteiger partial charge < -0.3 is 9.80 Å². The van der Waals surface area contributed by atoms with Crippen LogP contribution < -0.4 is 5.32 Å². The van der Waals surface area contributed by atoms with E-state index in [0.717, 1.165) is 32.5 Å². The van der Waals surface area contributed by atoms with E-state index in [1.54, 1.807) is 4.90 Å². The number of carbonyl (C=O) groups is 1. The van der Waals surface area contributed by atoms with E-state index < -0.39 is 12.6 Å². The number of rotatable bonds is 3. The van der Waals surface area contributed by atoms with Gasteiger partial charge in [0.25, 0.3) is 0 Å². The Morgan fingerprint density at radius 2 is 2.08 bits per heavy atom. The molecule has 2 aliphatic heterocycles. The van der Waals surface area contributed by atoms with Crippen LogP contribution in [0.5, 0.6) is 0 Å². The summed E-state index contributed by atoms with van der Waals surface area (Å²) in [6.45, 7) is 3.23. The molecule has 0 aromatic carbocycles. The fraction of sp³-hybridized carbons (Fsp3) is 0.733. The molecule has 2 amide bonds. The third kappa shape index (κ3) is 4.00. The summed E-state index contributed by atoms with van der Waals surface area (Å²) in [5.74, 6) is 0.284. The zero-order valence-electron chi connectivity index (χ0n) is 13.6. The van der Waals surface area contributed by atoms with Gasteiger partial charge in [0.1, 0.15) is 0 Å². The van der Waals surface area contributed by atoms with Crippen LogP contribution in [-0.4, -0.2) is 65.0 Å². The molecule has 1 N–H and O–H groups in total. The van der Waals surface area contributed by atoms with Crippen molar-refractivity contribution in [1.82, 2.24) is 19.6 Å². The first-order valence-electron chi connectivity index (χ1n) is 8.09. The van der Waals surface area contributed by atoms with E-state index in [0.29, 0.717) is 6.54 Å². The summed E-state index contributed by atoms with van der Waals surface area (Å²) in [6, 6.07) is 1.28. The Hall–Kier alpha value is -1.77. The van der Waals surface area contributed by atoms with E-state index in [9.17, 15) is 18.0 Å². The number of likely N-dealkylation sites (tertiary alicyclic amines) is 2. The quantitative estimate of drug-likeness (QED) is 0.915. The number of alkyl halides is 3. The molecule has 1 atom stereocenters. The summed E-state index contributed by atoms with van der Waals surface area (Å²) >= 11 is 0. The number of aryl methyl sites for hydroxylation is 1. The molecule has 6 nitrogen and oxygen atoms in total. The molecule has 1 spiro atoms. The second-order valence-corrected chi connectivity index (χ2v) is 6.92. The highest BCUT2D eigenvalue weighted by molar-refractivity contribution is 5.88. The van der Waals surface area contributed by atoms with Crippen molar-refractivity contribution in [3.8, 4) is 0 Å². The molecule has 1 aromatic heterocycles. The Bertz CT molecular complexity index is 602. The topological polar surface area (TPSA) is 53.4 Å². The largest absolute Gasteiger partial charge is 0.390 e. The Balaban J connectivity index is 1.51. The molecule has 0 aliphatic carbocycles. The van der Waals surface area contributed by atoms with E-state index in [2.05, 4.69) is 22.4 Å². The zero-order chi connectivity index (χ0) is 17.4. The Kier molecular flexibility index (Phi) is 4.46. The minimum absolute atomic E-state index is 0.193. The van der Waals surface area contributed by atoms with E-state index in [4.69, 9.17) is 0 Å². The molecule has 2 saturated heterocycles. The van der Waals surface area contributed by atoms with Crippen LogP contribution in [0.25, 0.3) is 0 Å².